The van der Waals surface area contributed by atoms with Gasteiger partial charge in [-0.05, 0) is 18.2 Å². The molecule has 0 fully saturated rings. The van der Waals surface area contributed by atoms with Crippen LogP contribution in [-0.2, 0) is 9.84 Å². The lowest BCUT2D eigenvalue weighted by Gasteiger charge is -2.09. The molecule has 0 saturated carbocycles. The van der Waals surface area contributed by atoms with Crippen LogP contribution in [-0.4, -0.2) is 20.3 Å². The maximum atomic E-state index is 12.7. The Kier molecular flexibility index (Phi) is 3.65. The van der Waals surface area contributed by atoms with E-state index < -0.39 is 44.6 Å². The number of hydrogen-bond acceptors (Lipinski definition) is 3. The molecule has 0 aliphatic carbocycles. The van der Waals surface area contributed by atoms with Crippen LogP contribution in [0.3, 0.4) is 0 Å². The molecule has 0 amide bonds. The number of anilines is 1. The van der Waals surface area contributed by atoms with Gasteiger partial charge in [0.05, 0.1) is 22.8 Å². The third-order valence-corrected chi connectivity index (χ3v) is 3.74. The van der Waals surface area contributed by atoms with Crippen LogP contribution in [0.1, 0.15) is 6.42 Å². The number of benzene rings is 1. The van der Waals surface area contributed by atoms with Gasteiger partial charge in [0.2, 0.25) is 0 Å². The summed E-state index contributed by atoms with van der Waals surface area (Å²) < 4.78 is 71.4. The summed E-state index contributed by atoms with van der Waals surface area (Å²) in [5, 5.41) is 0. The van der Waals surface area contributed by atoms with Crippen LogP contribution < -0.4 is 5.73 Å². The Hall–Kier alpha value is -1.31. The van der Waals surface area contributed by atoms with E-state index in [2.05, 4.69) is 0 Å². The topological polar surface area (TPSA) is 60.2 Å². The first kappa shape index (κ1) is 13.8. The molecule has 1 aromatic rings. The first-order chi connectivity index (χ1) is 7.62. The molecule has 0 saturated heterocycles. The number of nitrogens with two attached hydrogens (primary N) is 1. The average Bonchev–Trinajstić information content (AvgIpc) is 2.13. The Morgan fingerprint density at radius 1 is 1.24 bits per heavy atom. The van der Waals surface area contributed by atoms with Gasteiger partial charge in [0.25, 0.3) is 0 Å². The van der Waals surface area contributed by atoms with Gasteiger partial charge in [-0.15, -0.1) is 0 Å². The second kappa shape index (κ2) is 4.52. The summed E-state index contributed by atoms with van der Waals surface area (Å²) in [7, 11) is -4.15. The van der Waals surface area contributed by atoms with Gasteiger partial charge in [-0.1, -0.05) is 0 Å². The molecule has 0 aliphatic rings. The third-order valence-electron chi connectivity index (χ3n) is 1.96. The zero-order valence-corrected chi connectivity index (χ0v) is 9.28. The van der Waals surface area contributed by atoms with Crippen LogP contribution in [0.4, 0.5) is 23.2 Å². The van der Waals surface area contributed by atoms with Crippen LogP contribution in [0.15, 0.2) is 23.1 Å². The monoisotopic (exact) mass is 271 g/mol. The highest BCUT2D eigenvalue weighted by atomic mass is 32.2. The second-order valence-electron chi connectivity index (χ2n) is 3.37. The van der Waals surface area contributed by atoms with Gasteiger partial charge in [-0.25, -0.2) is 12.8 Å². The van der Waals surface area contributed by atoms with E-state index in [-0.39, 0.29) is 0 Å². The van der Waals surface area contributed by atoms with Gasteiger partial charge < -0.3 is 5.73 Å². The molecule has 8 heteroatoms. The zero-order chi connectivity index (χ0) is 13.3. The number of hydrogen-bond donors (Lipinski definition) is 1. The Labute approximate surface area is 95.2 Å². The molecule has 1 aromatic carbocycles. The van der Waals surface area contributed by atoms with Crippen LogP contribution in [0.5, 0.6) is 0 Å². The summed E-state index contributed by atoms with van der Waals surface area (Å²) in [6.45, 7) is 0. The van der Waals surface area contributed by atoms with Crippen molar-refractivity contribution in [3.63, 3.8) is 0 Å². The molecule has 0 radical (unpaired) electrons. The molecule has 96 valence electrons. The molecular formula is C9H9F4NO2S. The molecule has 0 spiro atoms. The fourth-order valence-electron chi connectivity index (χ4n) is 1.16. The minimum Gasteiger partial charge on any atom is -0.398 e. The predicted octanol–water partition coefficient (Wildman–Crippen LogP) is 2.13. The molecule has 0 heterocycles. The standard InChI is InChI=1S/C9H9F4NO2S/c10-6-1-2-8(7(14)5-6)17(15,16)4-3-9(11,12)13/h1-2,5H,3-4,14H2. The summed E-state index contributed by atoms with van der Waals surface area (Å²) in [5.74, 6) is -1.86. The predicted molar refractivity (Wildman–Crippen MR) is 53.5 cm³/mol. The molecule has 0 bridgehead atoms. The maximum Gasteiger partial charge on any atom is 0.390 e. The van der Waals surface area contributed by atoms with E-state index >= 15 is 0 Å². The summed E-state index contributed by atoms with van der Waals surface area (Å²) in [6, 6.07) is 2.44. The summed E-state index contributed by atoms with van der Waals surface area (Å²) in [6.07, 6.45) is -6.03. The highest BCUT2D eigenvalue weighted by molar-refractivity contribution is 7.91. The van der Waals surface area contributed by atoms with Crippen LogP contribution in [0.2, 0.25) is 0 Å². The first-order valence-corrected chi connectivity index (χ1v) is 6.11. The fourth-order valence-corrected chi connectivity index (χ4v) is 2.58. The van der Waals surface area contributed by atoms with E-state index in [9.17, 15) is 26.0 Å². The van der Waals surface area contributed by atoms with E-state index in [1.54, 1.807) is 0 Å². The van der Waals surface area contributed by atoms with Crippen molar-refractivity contribution in [2.24, 2.45) is 0 Å². The van der Waals surface area contributed by atoms with E-state index in [0.29, 0.717) is 0 Å². The first-order valence-electron chi connectivity index (χ1n) is 4.46. The van der Waals surface area contributed by atoms with Crippen molar-refractivity contribution in [1.82, 2.24) is 0 Å². The van der Waals surface area contributed by atoms with Crippen molar-refractivity contribution in [3.8, 4) is 0 Å². The third kappa shape index (κ3) is 3.88. The number of rotatable bonds is 3. The Bertz CT molecular complexity index is 510. The lowest BCUT2D eigenvalue weighted by molar-refractivity contribution is -0.129. The van der Waals surface area contributed by atoms with Crippen molar-refractivity contribution in [3.05, 3.63) is 24.0 Å². The highest BCUT2D eigenvalue weighted by Crippen LogP contribution is 2.25. The minimum atomic E-state index is -4.57. The van der Waals surface area contributed by atoms with E-state index in [0.717, 1.165) is 18.2 Å². The van der Waals surface area contributed by atoms with E-state index in [1.165, 1.54) is 0 Å². The van der Waals surface area contributed by atoms with Crippen molar-refractivity contribution >= 4 is 15.5 Å². The zero-order valence-electron chi connectivity index (χ0n) is 8.46. The number of sulfone groups is 1. The molecule has 2 N–H and O–H groups in total. The Morgan fingerprint density at radius 2 is 1.82 bits per heavy atom. The van der Waals surface area contributed by atoms with Crippen LogP contribution in [0.25, 0.3) is 0 Å². The molecule has 0 aliphatic heterocycles. The summed E-state index contributed by atoms with van der Waals surface area (Å²) in [4.78, 5) is -0.483. The van der Waals surface area contributed by atoms with E-state index in [1.807, 2.05) is 0 Å². The Balaban J connectivity index is 2.98. The van der Waals surface area contributed by atoms with Crippen molar-refractivity contribution in [2.45, 2.75) is 17.5 Å². The van der Waals surface area contributed by atoms with Gasteiger partial charge in [-0.3, -0.25) is 0 Å². The average molecular weight is 271 g/mol. The quantitative estimate of drug-likeness (QED) is 0.520. The smallest absolute Gasteiger partial charge is 0.390 e. The van der Waals surface area contributed by atoms with Crippen molar-refractivity contribution in [1.29, 1.82) is 0 Å². The molecular weight excluding hydrogens is 262 g/mol. The van der Waals surface area contributed by atoms with Crippen LogP contribution in [0, 0.1) is 5.82 Å². The number of halogens is 4. The largest absolute Gasteiger partial charge is 0.398 e. The molecule has 0 unspecified atom stereocenters. The van der Waals surface area contributed by atoms with Gasteiger partial charge in [0.1, 0.15) is 5.82 Å². The van der Waals surface area contributed by atoms with Crippen molar-refractivity contribution in [2.75, 3.05) is 11.5 Å². The minimum absolute atomic E-state index is 0.396. The van der Waals surface area contributed by atoms with Gasteiger partial charge >= 0.3 is 6.18 Å². The number of alkyl halides is 3. The van der Waals surface area contributed by atoms with E-state index in [4.69, 9.17) is 5.73 Å². The molecule has 17 heavy (non-hydrogen) atoms. The maximum absolute atomic E-state index is 12.7. The van der Waals surface area contributed by atoms with Gasteiger partial charge in [-0.2, -0.15) is 13.2 Å². The lowest BCUT2D eigenvalue weighted by Crippen LogP contribution is -2.17. The fraction of sp³-hybridized carbons (Fsp3) is 0.333. The highest BCUT2D eigenvalue weighted by Gasteiger charge is 2.31. The van der Waals surface area contributed by atoms with Gasteiger partial charge in [0, 0.05) is 0 Å². The molecule has 3 nitrogen and oxygen atoms in total. The van der Waals surface area contributed by atoms with Crippen molar-refractivity contribution < 1.29 is 26.0 Å². The lowest BCUT2D eigenvalue weighted by atomic mass is 10.3. The molecule has 0 aromatic heterocycles. The summed E-state index contributed by atoms with van der Waals surface area (Å²) >= 11 is 0. The Morgan fingerprint density at radius 3 is 2.29 bits per heavy atom. The summed E-state index contributed by atoms with van der Waals surface area (Å²) in [5.41, 5.74) is 4.85. The SMILES string of the molecule is Nc1cc(F)ccc1S(=O)(=O)CCC(F)(F)F. The number of nitrogen functional groups attached to an aromatic ring is 1. The van der Waals surface area contributed by atoms with Crippen LogP contribution >= 0.6 is 0 Å². The second-order valence-corrected chi connectivity index (χ2v) is 5.44. The normalized spacial score (nSPS) is 12.7. The van der Waals surface area contributed by atoms with Gasteiger partial charge in [0.15, 0.2) is 9.84 Å². The molecule has 1 rings (SSSR count). The molecule has 0 atom stereocenters.